The molecule has 2 bridgehead atoms. The second kappa shape index (κ2) is 14.4. The van der Waals surface area contributed by atoms with Crippen LogP contribution in [0, 0.1) is 11.8 Å². The molecule has 43 heavy (non-hydrogen) atoms. The topological polar surface area (TPSA) is 109 Å². The Kier molecular flexibility index (Phi) is 10.2. The Morgan fingerprint density at radius 3 is 2.58 bits per heavy atom. The van der Waals surface area contributed by atoms with Crippen molar-refractivity contribution >= 4 is 17.7 Å². The van der Waals surface area contributed by atoms with Crippen LogP contribution < -0.4 is 15.4 Å². The van der Waals surface area contributed by atoms with Gasteiger partial charge in [0.25, 0.3) is 5.91 Å². The Morgan fingerprint density at radius 1 is 0.930 bits per heavy atom. The third kappa shape index (κ3) is 7.52. The zero-order chi connectivity index (χ0) is 29.6. The van der Waals surface area contributed by atoms with E-state index in [0.717, 1.165) is 38.8 Å². The number of piperazine rings is 1. The van der Waals surface area contributed by atoms with E-state index < -0.39 is 6.04 Å². The van der Waals surface area contributed by atoms with E-state index in [2.05, 4.69) is 15.5 Å². The van der Waals surface area contributed by atoms with Crippen molar-refractivity contribution in [2.24, 2.45) is 11.8 Å². The molecule has 6 rings (SSSR count). The Labute approximate surface area is 255 Å². The molecule has 2 N–H and O–H groups in total. The van der Waals surface area contributed by atoms with Crippen molar-refractivity contribution in [1.82, 2.24) is 20.4 Å². The van der Waals surface area contributed by atoms with Gasteiger partial charge in [0.2, 0.25) is 11.8 Å². The van der Waals surface area contributed by atoms with E-state index in [-0.39, 0.29) is 48.4 Å². The summed E-state index contributed by atoms with van der Waals surface area (Å²) in [5, 5.41) is 6.40. The summed E-state index contributed by atoms with van der Waals surface area (Å²) in [7, 11) is 0. The van der Waals surface area contributed by atoms with E-state index in [1.165, 1.54) is 32.1 Å². The van der Waals surface area contributed by atoms with Crippen LogP contribution in [0.15, 0.2) is 24.3 Å². The molecule has 10 heteroatoms. The van der Waals surface area contributed by atoms with Crippen molar-refractivity contribution < 1.29 is 28.6 Å². The van der Waals surface area contributed by atoms with Crippen molar-refractivity contribution in [2.45, 2.75) is 88.5 Å². The van der Waals surface area contributed by atoms with Crippen LogP contribution in [0.1, 0.15) is 74.6 Å². The molecule has 3 amide bonds. The van der Waals surface area contributed by atoms with Gasteiger partial charge < -0.3 is 29.7 Å². The van der Waals surface area contributed by atoms with E-state index in [1.807, 2.05) is 18.2 Å². The molecular weight excluding hydrogens is 548 g/mol. The largest absolute Gasteiger partial charge is 0.493 e. The smallest absolute Gasteiger partial charge is 0.258 e. The van der Waals surface area contributed by atoms with Gasteiger partial charge in [-0.1, -0.05) is 31.4 Å². The first-order valence-corrected chi connectivity index (χ1v) is 16.6. The van der Waals surface area contributed by atoms with Crippen LogP contribution in [-0.4, -0.2) is 104 Å². The molecule has 10 nitrogen and oxygen atoms in total. The summed E-state index contributed by atoms with van der Waals surface area (Å²) in [6, 6.07) is 6.55. The molecule has 1 saturated carbocycles. The monoisotopic (exact) mass is 596 g/mol. The van der Waals surface area contributed by atoms with Crippen molar-refractivity contribution in [1.29, 1.82) is 0 Å². The molecule has 4 heterocycles. The lowest BCUT2D eigenvalue weighted by molar-refractivity contribution is -0.134. The van der Waals surface area contributed by atoms with Crippen LogP contribution in [0.3, 0.4) is 0 Å². The average Bonchev–Trinajstić information content (AvgIpc) is 3.05. The number of nitrogens with one attached hydrogen (secondary N) is 2. The van der Waals surface area contributed by atoms with Crippen LogP contribution >= 0.6 is 0 Å². The molecule has 5 aliphatic rings. The van der Waals surface area contributed by atoms with Crippen molar-refractivity contribution in [3.63, 3.8) is 0 Å². The number of ether oxygens (including phenoxy) is 3. The lowest BCUT2D eigenvalue weighted by Crippen LogP contribution is -2.62. The SMILES string of the molecule is O=C(N[C@@H]1CC[C@H]2CCOc3ccccc3C(=O)N3CCN(CC4CCCCC4)C[C@H]3C(=O)NC[C@H]1O2)C1CCOCC1. The average molecular weight is 597 g/mol. The maximum absolute atomic E-state index is 14.0. The molecule has 4 atom stereocenters. The molecular formula is C33H48N4O6. The standard InChI is InChI=1S/C33H48N4O6/c38-31(24-12-17-41-18-13-24)35-27-11-10-25-14-19-42-29-9-5-4-8-26(29)33(40)37-16-15-36(21-23-6-2-1-3-7-23)22-28(37)32(39)34-20-30(27)43-25/h4-5,8-9,23-25,27-28,30H,1-3,6-7,10-22H2,(H,34,39)(H,35,38)/t25-,27+,28-,30+/m0/s1. The highest BCUT2D eigenvalue weighted by Crippen LogP contribution is 2.29. The number of rotatable bonds is 4. The third-order valence-corrected chi connectivity index (χ3v) is 10.1. The van der Waals surface area contributed by atoms with Gasteiger partial charge in [0.05, 0.1) is 30.4 Å². The number of benzene rings is 1. The zero-order valence-electron chi connectivity index (χ0n) is 25.3. The van der Waals surface area contributed by atoms with E-state index in [4.69, 9.17) is 14.2 Å². The van der Waals surface area contributed by atoms with Gasteiger partial charge in [-0.2, -0.15) is 0 Å². The number of amides is 3. The second-order valence-electron chi connectivity index (χ2n) is 13.0. The minimum Gasteiger partial charge on any atom is -0.493 e. The molecule has 4 aliphatic heterocycles. The van der Waals surface area contributed by atoms with E-state index in [0.29, 0.717) is 56.6 Å². The van der Waals surface area contributed by atoms with Crippen LogP contribution in [0.25, 0.3) is 0 Å². The number of nitrogens with zero attached hydrogens (tertiary/aromatic N) is 2. The number of hydrogen-bond acceptors (Lipinski definition) is 7. The molecule has 0 aromatic heterocycles. The van der Waals surface area contributed by atoms with Gasteiger partial charge in [-0.3, -0.25) is 19.3 Å². The Hall–Kier alpha value is -2.69. The highest BCUT2D eigenvalue weighted by Gasteiger charge is 2.39. The third-order valence-electron chi connectivity index (χ3n) is 10.1. The second-order valence-corrected chi connectivity index (χ2v) is 13.0. The Morgan fingerprint density at radius 2 is 1.74 bits per heavy atom. The maximum Gasteiger partial charge on any atom is 0.258 e. The maximum atomic E-state index is 14.0. The van der Waals surface area contributed by atoms with Crippen LogP contribution in [0.4, 0.5) is 0 Å². The number of fused-ring (bicyclic) bond motifs is 4. The van der Waals surface area contributed by atoms with Gasteiger partial charge >= 0.3 is 0 Å². The lowest BCUT2D eigenvalue weighted by Gasteiger charge is -2.43. The first-order valence-electron chi connectivity index (χ1n) is 16.6. The fraction of sp³-hybridized carbons (Fsp3) is 0.727. The van der Waals surface area contributed by atoms with Gasteiger partial charge in [-0.05, 0) is 56.6 Å². The normalized spacial score (nSPS) is 30.3. The summed E-state index contributed by atoms with van der Waals surface area (Å²) < 4.78 is 18.1. The summed E-state index contributed by atoms with van der Waals surface area (Å²) in [5.74, 6) is 0.857. The molecule has 0 radical (unpaired) electrons. The van der Waals surface area contributed by atoms with Gasteiger partial charge in [-0.25, -0.2) is 0 Å². The Balaban J connectivity index is 1.20. The van der Waals surface area contributed by atoms with E-state index in [9.17, 15) is 14.4 Å². The number of para-hydroxylation sites is 1. The molecule has 0 spiro atoms. The van der Waals surface area contributed by atoms with E-state index >= 15 is 0 Å². The summed E-state index contributed by atoms with van der Waals surface area (Å²) in [5.41, 5.74) is 0.497. The molecule has 4 fully saturated rings. The Bertz CT molecular complexity index is 1120. The van der Waals surface area contributed by atoms with Crippen molar-refractivity contribution in [2.75, 3.05) is 52.5 Å². The van der Waals surface area contributed by atoms with Crippen LogP contribution in [0.5, 0.6) is 5.75 Å². The predicted octanol–water partition coefficient (Wildman–Crippen LogP) is 2.75. The minimum absolute atomic E-state index is 0.0448. The predicted molar refractivity (Wildman–Crippen MR) is 161 cm³/mol. The van der Waals surface area contributed by atoms with Crippen LogP contribution in [-0.2, 0) is 19.1 Å². The van der Waals surface area contributed by atoms with Crippen LogP contribution in [0.2, 0.25) is 0 Å². The summed E-state index contributed by atoms with van der Waals surface area (Å²) in [6.45, 7) is 4.65. The van der Waals surface area contributed by atoms with E-state index in [1.54, 1.807) is 11.0 Å². The number of carbonyl (C=O) groups is 3. The van der Waals surface area contributed by atoms with Gasteiger partial charge in [0.15, 0.2) is 0 Å². The molecule has 236 valence electrons. The quantitative estimate of drug-likeness (QED) is 0.550. The van der Waals surface area contributed by atoms with Gasteiger partial charge in [0, 0.05) is 58.3 Å². The van der Waals surface area contributed by atoms with Crippen molar-refractivity contribution in [3.05, 3.63) is 29.8 Å². The van der Waals surface area contributed by atoms with Gasteiger partial charge in [0.1, 0.15) is 11.8 Å². The number of carbonyl (C=O) groups excluding carboxylic acids is 3. The molecule has 1 aromatic carbocycles. The van der Waals surface area contributed by atoms with Crippen molar-refractivity contribution in [3.8, 4) is 5.75 Å². The fourth-order valence-electron chi connectivity index (χ4n) is 7.54. The molecule has 1 aromatic rings. The fourth-order valence-corrected chi connectivity index (χ4v) is 7.54. The first-order chi connectivity index (χ1) is 21.0. The highest BCUT2D eigenvalue weighted by molar-refractivity contribution is 6.00. The molecule has 0 unspecified atom stereocenters. The number of hydrogen-bond donors (Lipinski definition) is 2. The highest BCUT2D eigenvalue weighted by atomic mass is 16.5. The van der Waals surface area contributed by atoms with Gasteiger partial charge in [-0.15, -0.1) is 0 Å². The lowest BCUT2D eigenvalue weighted by atomic mass is 9.88. The minimum atomic E-state index is -0.615. The molecule has 3 saturated heterocycles. The summed E-state index contributed by atoms with van der Waals surface area (Å²) in [4.78, 5) is 45.1. The summed E-state index contributed by atoms with van der Waals surface area (Å²) in [6.07, 6.45) is 9.62. The zero-order valence-corrected chi connectivity index (χ0v) is 25.3. The molecule has 1 aliphatic carbocycles. The first kappa shape index (κ1) is 30.3. The summed E-state index contributed by atoms with van der Waals surface area (Å²) >= 11 is 0.